The van der Waals surface area contributed by atoms with E-state index in [-0.39, 0.29) is 0 Å². The van der Waals surface area contributed by atoms with E-state index < -0.39 is 0 Å². The van der Waals surface area contributed by atoms with Crippen molar-refractivity contribution in [2.45, 2.75) is 6.92 Å². The van der Waals surface area contributed by atoms with Gasteiger partial charge < -0.3 is 0 Å². The Bertz CT molecular complexity index is 479. The van der Waals surface area contributed by atoms with Gasteiger partial charge in [0.1, 0.15) is 12.1 Å². The van der Waals surface area contributed by atoms with Crippen LogP contribution in [-0.2, 0) is 0 Å². The highest BCUT2D eigenvalue weighted by molar-refractivity contribution is 5.79. The van der Waals surface area contributed by atoms with E-state index in [2.05, 4.69) is 20.5 Å². The van der Waals surface area contributed by atoms with Crippen molar-refractivity contribution < 1.29 is 0 Å². The minimum absolute atomic E-state index is 0.694. The average Bonchev–Trinajstić information content (AvgIpc) is 2.30. The summed E-state index contributed by atoms with van der Waals surface area (Å²) in [5, 5.41) is 4.09. The van der Waals surface area contributed by atoms with Crippen molar-refractivity contribution in [1.82, 2.24) is 9.97 Å². The van der Waals surface area contributed by atoms with Crippen molar-refractivity contribution in [3.63, 3.8) is 0 Å². The van der Waals surface area contributed by atoms with E-state index >= 15 is 0 Å². The van der Waals surface area contributed by atoms with Crippen LogP contribution in [0.2, 0.25) is 0 Å². The summed E-state index contributed by atoms with van der Waals surface area (Å²) in [6.45, 7) is 1.91. The van der Waals surface area contributed by atoms with Gasteiger partial charge in [0, 0.05) is 11.8 Å². The Hall–Kier alpha value is -2.23. The summed E-state index contributed by atoms with van der Waals surface area (Å²) in [6, 6.07) is 11.7. The molecule has 0 fully saturated rings. The van der Waals surface area contributed by atoms with E-state index in [0.717, 1.165) is 11.3 Å². The van der Waals surface area contributed by atoms with E-state index in [9.17, 15) is 0 Å². The Morgan fingerprint density at radius 2 is 2.00 bits per heavy atom. The standard InChI is InChI=1S/C12H12N4/c1-10-7-12(14-9-13-10)16-15-8-11-5-3-2-4-6-11/h2-9H,1H3,(H,13,14,16)/b15-8+. The van der Waals surface area contributed by atoms with Crippen LogP contribution in [0, 0.1) is 6.92 Å². The highest BCUT2D eigenvalue weighted by Crippen LogP contribution is 2.02. The lowest BCUT2D eigenvalue weighted by Gasteiger charge is -1.98. The van der Waals surface area contributed by atoms with Crippen LogP contribution in [0.4, 0.5) is 5.82 Å². The van der Waals surface area contributed by atoms with E-state index in [0.29, 0.717) is 5.82 Å². The molecule has 0 amide bonds. The Morgan fingerprint density at radius 3 is 2.75 bits per heavy atom. The second-order valence-corrected chi connectivity index (χ2v) is 3.33. The highest BCUT2D eigenvalue weighted by Gasteiger charge is 1.91. The molecule has 0 radical (unpaired) electrons. The van der Waals surface area contributed by atoms with Gasteiger partial charge in [0.15, 0.2) is 0 Å². The maximum Gasteiger partial charge on any atom is 0.149 e. The van der Waals surface area contributed by atoms with Crippen LogP contribution in [0.3, 0.4) is 0 Å². The van der Waals surface area contributed by atoms with Crippen LogP contribution in [-0.4, -0.2) is 16.2 Å². The monoisotopic (exact) mass is 212 g/mol. The van der Waals surface area contributed by atoms with Crippen molar-refractivity contribution in [3.05, 3.63) is 54.0 Å². The molecule has 1 heterocycles. The fourth-order valence-electron chi connectivity index (χ4n) is 1.23. The number of nitrogens with zero attached hydrogens (tertiary/aromatic N) is 3. The molecule has 0 saturated carbocycles. The summed E-state index contributed by atoms with van der Waals surface area (Å²) >= 11 is 0. The molecule has 0 spiro atoms. The van der Waals surface area contributed by atoms with Gasteiger partial charge >= 0.3 is 0 Å². The molecular formula is C12H12N4. The Balaban J connectivity index is 2.00. The van der Waals surface area contributed by atoms with Gasteiger partial charge in [-0.25, -0.2) is 9.97 Å². The minimum Gasteiger partial charge on any atom is -0.261 e. The number of anilines is 1. The van der Waals surface area contributed by atoms with Crippen LogP contribution < -0.4 is 5.43 Å². The lowest BCUT2D eigenvalue weighted by molar-refractivity contribution is 1.09. The first-order chi connectivity index (χ1) is 7.84. The normalized spacial score (nSPS) is 10.6. The molecule has 0 saturated heterocycles. The molecule has 80 valence electrons. The van der Waals surface area contributed by atoms with Crippen LogP contribution in [0.1, 0.15) is 11.3 Å². The molecule has 0 aliphatic rings. The van der Waals surface area contributed by atoms with Gasteiger partial charge in [0.2, 0.25) is 0 Å². The average molecular weight is 212 g/mol. The first-order valence-corrected chi connectivity index (χ1v) is 4.97. The molecular weight excluding hydrogens is 200 g/mol. The number of rotatable bonds is 3. The zero-order valence-corrected chi connectivity index (χ0v) is 8.96. The molecule has 16 heavy (non-hydrogen) atoms. The van der Waals surface area contributed by atoms with Crippen molar-refractivity contribution in [2.24, 2.45) is 5.10 Å². The maximum atomic E-state index is 4.09. The lowest BCUT2D eigenvalue weighted by Crippen LogP contribution is -1.94. The van der Waals surface area contributed by atoms with Gasteiger partial charge in [-0.1, -0.05) is 30.3 Å². The highest BCUT2D eigenvalue weighted by atomic mass is 15.3. The third kappa shape index (κ3) is 2.88. The smallest absolute Gasteiger partial charge is 0.149 e. The molecule has 0 atom stereocenters. The Labute approximate surface area is 94.1 Å². The number of hydrogen-bond donors (Lipinski definition) is 1. The fourth-order valence-corrected chi connectivity index (χ4v) is 1.23. The summed E-state index contributed by atoms with van der Waals surface area (Å²) in [4.78, 5) is 8.04. The number of aromatic nitrogens is 2. The molecule has 2 rings (SSSR count). The van der Waals surface area contributed by atoms with Gasteiger partial charge in [-0.3, -0.25) is 5.43 Å². The molecule has 0 bridgehead atoms. The number of hydrogen-bond acceptors (Lipinski definition) is 4. The van der Waals surface area contributed by atoms with Gasteiger partial charge in [-0.15, -0.1) is 0 Å². The van der Waals surface area contributed by atoms with Crippen LogP contribution in [0.5, 0.6) is 0 Å². The summed E-state index contributed by atoms with van der Waals surface area (Å²) in [7, 11) is 0. The van der Waals surface area contributed by atoms with Gasteiger partial charge in [0.25, 0.3) is 0 Å². The molecule has 0 aliphatic heterocycles. The predicted octanol–water partition coefficient (Wildman–Crippen LogP) is 2.23. The molecule has 1 aromatic carbocycles. The quantitative estimate of drug-likeness (QED) is 0.627. The molecule has 4 heteroatoms. The number of nitrogens with one attached hydrogen (secondary N) is 1. The second-order valence-electron chi connectivity index (χ2n) is 3.33. The number of benzene rings is 1. The summed E-state index contributed by atoms with van der Waals surface area (Å²) < 4.78 is 0. The zero-order chi connectivity index (χ0) is 11.2. The van der Waals surface area contributed by atoms with Crippen molar-refractivity contribution >= 4 is 12.0 Å². The van der Waals surface area contributed by atoms with Crippen molar-refractivity contribution in [1.29, 1.82) is 0 Å². The third-order valence-corrected chi connectivity index (χ3v) is 2.00. The van der Waals surface area contributed by atoms with Gasteiger partial charge in [-0.05, 0) is 12.5 Å². The van der Waals surface area contributed by atoms with E-state index in [1.807, 2.05) is 43.3 Å². The van der Waals surface area contributed by atoms with Crippen molar-refractivity contribution in [2.75, 3.05) is 5.43 Å². The molecule has 1 N–H and O–H groups in total. The summed E-state index contributed by atoms with van der Waals surface area (Å²) in [5.74, 6) is 0.694. The van der Waals surface area contributed by atoms with Crippen LogP contribution >= 0.6 is 0 Å². The SMILES string of the molecule is Cc1cc(N/N=C/c2ccccc2)ncn1. The Kier molecular flexibility index (Phi) is 3.23. The van der Waals surface area contributed by atoms with Gasteiger partial charge in [0.05, 0.1) is 6.21 Å². The first-order valence-electron chi connectivity index (χ1n) is 4.97. The molecule has 4 nitrogen and oxygen atoms in total. The molecule has 0 aliphatic carbocycles. The van der Waals surface area contributed by atoms with Crippen molar-refractivity contribution in [3.8, 4) is 0 Å². The lowest BCUT2D eigenvalue weighted by atomic mass is 10.2. The number of aryl methyl sites for hydroxylation is 1. The molecule has 2 aromatic rings. The van der Waals surface area contributed by atoms with Crippen LogP contribution in [0.15, 0.2) is 47.8 Å². The van der Waals surface area contributed by atoms with Gasteiger partial charge in [-0.2, -0.15) is 5.10 Å². The van der Waals surface area contributed by atoms with E-state index in [1.165, 1.54) is 6.33 Å². The minimum atomic E-state index is 0.694. The second kappa shape index (κ2) is 5.02. The fraction of sp³-hybridized carbons (Fsp3) is 0.0833. The number of hydrazone groups is 1. The first kappa shape index (κ1) is 10.3. The zero-order valence-electron chi connectivity index (χ0n) is 8.96. The van der Waals surface area contributed by atoms with E-state index in [4.69, 9.17) is 0 Å². The van der Waals surface area contributed by atoms with E-state index in [1.54, 1.807) is 6.21 Å². The summed E-state index contributed by atoms with van der Waals surface area (Å²) in [5.41, 5.74) is 4.80. The summed E-state index contributed by atoms with van der Waals surface area (Å²) in [6.07, 6.45) is 3.26. The molecule has 0 unspecified atom stereocenters. The third-order valence-electron chi connectivity index (χ3n) is 2.00. The van der Waals surface area contributed by atoms with Crippen LogP contribution in [0.25, 0.3) is 0 Å². The maximum absolute atomic E-state index is 4.09. The molecule has 1 aromatic heterocycles. The Morgan fingerprint density at radius 1 is 1.19 bits per heavy atom. The topological polar surface area (TPSA) is 50.2 Å². The largest absolute Gasteiger partial charge is 0.261 e. The predicted molar refractivity (Wildman–Crippen MR) is 64.4 cm³/mol.